The van der Waals surface area contributed by atoms with Crippen LogP contribution in [-0.4, -0.2) is 68.7 Å². The predicted octanol–water partition coefficient (Wildman–Crippen LogP) is 2.14. The number of nitrogen functional groups attached to an aromatic ring is 1. The molecule has 0 aliphatic carbocycles. The number of H-pyrrole nitrogens is 1. The molecule has 12 heteroatoms. The van der Waals surface area contributed by atoms with E-state index in [1.807, 2.05) is 37.3 Å². The van der Waals surface area contributed by atoms with Gasteiger partial charge in [-0.05, 0) is 31.2 Å². The minimum absolute atomic E-state index is 0.129. The van der Waals surface area contributed by atoms with Crippen LogP contribution in [0.4, 0.5) is 17.6 Å². The molecule has 1 atom stereocenters. The van der Waals surface area contributed by atoms with E-state index in [4.69, 9.17) is 5.73 Å². The monoisotopic (exact) mass is 479 g/mol. The second kappa shape index (κ2) is 8.97. The average molecular weight is 480 g/mol. The highest BCUT2D eigenvalue weighted by molar-refractivity contribution is 7.89. The van der Waals surface area contributed by atoms with Gasteiger partial charge in [-0.15, -0.1) is 0 Å². The predicted molar refractivity (Wildman–Crippen MR) is 129 cm³/mol. The molecule has 1 aromatic carbocycles. The smallest absolute Gasteiger partial charge is 0.245 e. The number of aromatic nitrogens is 5. The minimum atomic E-state index is -3.64. The third kappa shape index (κ3) is 4.30. The third-order valence-electron chi connectivity index (χ3n) is 5.93. The topological polar surface area (TPSA) is 146 Å². The number of nitrogens with two attached hydrogens (primary N) is 1. The number of piperazine rings is 1. The molecular formula is C22H25N9O2S. The summed E-state index contributed by atoms with van der Waals surface area (Å²) in [5.41, 5.74) is 7.34. The van der Waals surface area contributed by atoms with Crippen molar-refractivity contribution in [3.8, 4) is 0 Å². The maximum atomic E-state index is 13.3. The van der Waals surface area contributed by atoms with Gasteiger partial charge in [-0.1, -0.05) is 18.2 Å². The second-order valence-corrected chi connectivity index (χ2v) is 9.94. The maximum Gasteiger partial charge on any atom is 0.245 e. The number of pyridine rings is 1. The molecule has 34 heavy (non-hydrogen) atoms. The number of benzene rings is 1. The van der Waals surface area contributed by atoms with Gasteiger partial charge in [0.15, 0.2) is 5.82 Å². The molecule has 1 saturated heterocycles. The van der Waals surface area contributed by atoms with Crippen molar-refractivity contribution in [1.82, 2.24) is 34.1 Å². The first-order valence-corrected chi connectivity index (χ1v) is 12.4. The quantitative estimate of drug-likeness (QED) is 0.378. The second-order valence-electron chi connectivity index (χ2n) is 8.03. The average Bonchev–Trinajstić information content (AvgIpc) is 3.29. The van der Waals surface area contributed by atoms with Gasteiger partial charge in [-0.3, -0.25) is 4.90 Å². The van der Waals surface area contributed by atoms with Gasteiger partial charge >= 0.3 is 0 Å². The Morgan fingerprint density at radius 1 is 1.03 bits per heavy atom. The van der Waals surface area contributed by atoms with E-state index in [1.54, 1.807) is 18.3 Å². The Bertz CT molecular complexity index is 1400. The van der Waals surface area contributed by atoms with Crippen LogP contribution in [0.25, 0.3) is 11.0 Å². The van der Waals surface area contributed by atoms with Crippen LogP contribution in [0.2, 0.25) is 0 Å². The summed E-state index contributed by atoms with van der Waals surface area (Å²) in [4.78, 5) is 22.6. The van der Waals surface area contributed by atoms with Crippen LogP contribution >= 0.6 is 0 Å². The highest BCUT2D eigenvalue weighted by Crippen LogP contribution is 2.27. The van der Waals surface area contributed by atoms with Gasteiger partial charge in [-0.2, -0.15) is 19.3 Å². The third-order valence-corrected chi connectivity index (χ3v) is 7.86. The Labute approximate surface area is 197 Å². The Morgan fingerprint density at radius 3 is 2.56 bits per heavy atom. The van der Waals surface area contributed by atoms with Crippen LogP contribution < -0.4 is 11.1 Å². The molecule has 0 spiro atoms. The molecular weight excluding hydrogens is 454 g/mol. The van der Waals surface area contributed by atoms with E-state index in [-0.39, 0.29) is 16.9 Å². The Hall–Kier alpha value is -3.61. The summed E-state index contributed by atoms with van der Waals surface area (Å²) in [6, 6.07) is 12.9. The molecule has 11 nitrogen and oxygen atoms in total. The normalized spacial score (nSPS) is 16.5. The van der Waals surface area contributed by atoms with Gasteiger partial charge < -0.3 is 16.0 Å². The fourth-order valence-corrected chi connectivity index (χ4v) is 5.65. The van der Waals surface area contributed by atoms with Crippen molar-refractivity contribution in [2.75, 3.05) is 37.2 Å². The van der Waals surface area contributed by atoms with Gasteiger partial charge in [0.2, 0.25) is 21.9 Å². The van der Waals surface area contributed by atoms with E-state index in [0.29, 0.717) is 49.0 Å². The molecule has 0 saturated carbocycles. The van der Waals surface area contributed by atoms with Crippen molar-refractivity contribution in [2.24, 2.45) is 0 Å². The summed E-state index contributed by atoms with van der Waals surface area (Å²) in [6.45, 7) is 3.77. The number of aromatic amines is 1. The standard InChI is InChI=1S/C22H25N9O2S/c1-15(19-27-21(23)29-22(28-19)26-16-6-3-2-4-7-16)30-10-12-31(13-11-30)34(32,33)18-14-25-20-17(18)8-5-9-24-20/h2-9,14-15H,10-13H2,1H3,(H,24,25)(H3,23,26,27,28,29). The summed E-state index contributed by atoms with van der Waals surface area (Å²) < 4.78 is 28.1. The Morgan fingerprint density at radius 2 is 1.79 bits per heavy atom. The molecule has 5 rings (SSSR count). The van der Waals surface area contributed by atoms with E-state index in [2.05, 4.69) is 35.1 Å². The molecule has 4 aromatic rings. The molecule has 3 aromatic heterocycles. The number of nitrogens with zero attached hydrogens (tertiary/aromatic N) is 6. The molecule has 0 radical (unpaired) electrons. The van der Waals surface area contributed by atoms with Crippen LogP contribution in [0.5, 0.6) is 0 Å². The number of nitrogens with one attached hydrogen (secondary N) is 2. The van der Waals surface area contributed by atoms with Crippen LogP contribution in [0.1, 0.15) is 18.8 Å². The van der Waals surface area contributed by atoms with E-state index in [0.717, 1.165) is 5.69 Å². The van der Waals surface area contributed by atoms with Crippen LogP contribution in [-0.2, 0) is 10.0 Å². The first kappa shape index (κ1) is 22.2. The molecule has 1 aliphatic rings. The van der Waals surface area contributed by atoms with Gasteiger partial charge in [0, 0.05) is 49.6 Å². The van der Waals surface area contributed by atoms with Crippen molar-refractivity contribution in [3.63, 3.8) is 0 Å². The van der Waals surface area contributed by atoms with E-state index < -0.39 is 10.0 Å². The first-order chi connectivity index (χ1) is 16.4. The molecule has 0 amide bonds. The summed E-state index contributed by atoms with van der Waals surface area (Å²) in [7, 11) is -3.64. The minimum Gasteiger partial charge on any atom is -0.368 e. The summed E-state index contributed by atoms with van der Waals surface area (Å²) in [6.07, 6.45) is 3.14. The van der Waals surface area contributed by atoms with E-state index >= 15 is 0 Å². The number of para-hydroxylation sites is 1. The van der Waals surface area contributed by atoms with Gasteiger partial charge in [0.1, 0.15) is 10.5 Å². The highest BCUT2D eigenvalue weighted by atomic mass is 32.2. The zero-order valence-corrected chi connectivity index (χ0v) is 19.4. The number of sulfonamides is 1. The lowest BCUT2D eigenvalue weighted by atomic mass is 10.2. The summed E-state index contributed by atoms with van der Waals surface area (Å²) >= 11 is 0. The van der Waals surface area contributed by atoms with Crippen LogP contribution in [0, 0.1) is 0 Å². The Kier molecular flexibility index (Phi) is 5.86. The SMILES string of the molecule is CC(c1nc(N)nc(Nc2ccccc2)n1)N1CCN(S(=O)(=O)c2c[nH]c3ncccc23)CC1. The summed E-state index contributed by atoms with van der Waals surface area (Å²) in [5.74, 6) is 1.03. The largest absolute Gasteiger partial charge is 0.368 e. The maximum absolute atomic E-state index is 13.3. The van der Waals surface area contributed by atoms with Crippen molar-refractivity contribution in [1.29, 1.82) is 0 Å². The van der Waals surface area contributed by atoms with E-state index in [9.17, 15) is 8.42 Å². The molecule has 4 heterocycles. The lowest BCUT2D eigenvalue weighted by Crippen LogP contribution is -2.49. The van der Waals surface area contributed by atoms with Crippen molar-refractivity contribution >= 4 is 38.6 Å². The lowest BCUT2D eigenvalue weighted by molar-refractivity contribution is 0.141. The fourth-order valence-electron chi connectivity index (χ4n) is 4.08. The molecule has 176 valence electrons. The van der Waals surface area contributed by atoms with Gasteiger partial charge in [-0.25, -0.2) is 13.4 Å². The van der Waals surface area contributed by atoms with Crippen molar-refractivity contribution in [2.45, 2.75) is 17.9 Å². The highest BCUT2D eigenvalue weighted by Gasteiger charge is 2.32. The van der Waals surface area contributed by atoms with Gasteiger partial charge in [0.25, 0.3) is 0 Å². The van der Waals surface area contributed by atoms with Crippen LogP contribution in [0.15, 0.2) is 59.8 Å². The van der Waals surface area contributed by atoms with Gasteiger partial charge in [0.05, 0.1) is 6.04 Å². The first-order valence-electron chi connectivity index (χ1n) is 10.9. The molecule has 1 fully saturated rings. The molecule has 1 aliphatic heterocycles. The zero-order chi connectivity index (χ0) is 23.7. The molecule has 4 N–H and O–H groups in total. The number of fused-ring (bicyclic) bond motifs is 1. The molecule has 0 bridgehead atoms. The number of rotatable bonds is 6. The van der Waals surface area contributed by atoms with Crippen molar-refractivity contribution in [3.05, 3.63) is 60.7 Å². The number of hydrogen-bond donors (Lipinski definition) is 3. The lowest BCUT2D eigenvalue weighted by Gasteiger charge is -2.36. The fraction of sp³-hybridized carbons (Fsp3) is 0.273. The Balaban J connectivity index is 1.29. The van der Waals surface area contributed by atoms with Crippen LogP contribution in [0.3, 0.4) is 0 Å². The van der Waals surface area contributed by atoms with E-state index in [1.165, 1.54) is 10.5 Å². The number of hydrogen-bond acceptors (Lipinski definition) is 9. The van der Waals surface area contributed by atoms with Crippen molar-refractivity contribution < 1.29 is 8.42 Å². The molecule has 1 unspecified atom stereocenters. The number of anilines is 3. The zero-order valence-electron chi connectivity index (χ0n) is 18.6. The summed E-state index contributed by atoms with van der Waals surface area (Å²) in [5, 5.41) is 3.74.